The van der Waals surface area contributed by atoms with E-state index in [9.17, 15) is 5.11 Å². The number of fused-ring (bicyclic) bond motifs is 1. The lowest BCUT2D eigenvalue weighted by Crippen LogP contribution is -2.41. The van der Waals surface area contributed by atoms with E-state index in [1.54, 1.807) is 7.11 Å². The van der Waals surface area contributed by atoms with Crippen LogP contribution in [0.4, 0.5) is 0 Å². The van der Waals surface area contributed by atoms with Crippen LogP contribution >= 0.6 is 0 Å². The van der Waals surface area contributed by atoms with E-state index in [1.165, 1.54) is 5.56 Å². The molecule has 2 atom stereocenters. The summed E-state index contributed by atoms with van der Waals surface area (Å²) in [5.74, 6) is 0.860. The summed E-state index contributed by atoms with van der Waals surface area (Å²) in [6.07, 6.45) is 1.51. The largest absolute Gasteiger partial charge is 0.497 e. The highest BCUT2D eigenvalue weighted by atomic mass is 16.5. The average Bonchev–Trinajstić information content (AvgIpc) is 2.47. The third-order valence-electron chi connectivity index (χ3n) is 4.10. The number of hydrogen-bond donors (Lipinski definition) is 1. The molecule has 0 aliphatic heterocycles. The van der Waals surface area contributed by atoms with E-state index in [-0.39, 0.29) is 6.04 Å². The number of hydrogen-bond acceptors (Lipinski definition) is 4. The third kappa shape index (κ3) is 3.32. The lowest BCUT2D eigenvalue weighted by molar-refractivity contribution is 0.0316. The van der Waals surface area contributed by atoms with Gasteiger partial charge in [-0.3, -0.25) is 4.90 Å². The van der Waals surface area contributed by atoms with Crippen LogP contribution in [0.3, 0.4) is 0 Å². The predicted molar refractivity (Wildman–Crippen MR) is 79.2 cm³/mol. The zero-order chi connectivity index (χ0) is 14.5. The molecule has 0 radical (unpaired) electrons. The molecule has 0 saturated heterocycles. The molecule has 1 aliphatic carbocycles. The zero-order valence-electron chi connectivity index (χ0n) is 12.6. The summed E-state index contributed by atoms with van der Waals surface area (Å²) in [5.41, 5.74) is 2.23. The van der Waals surface area contributed by atoms with Crippen molar-refractivity contribution in [1.29, 1.82) is 0 Å². The molecule has 112 valence electrons. The number of rotatable bonds is 6. The van der Waals surface area contributed by atoms with Gasteiger partial charge in [-0.1, -0.05) is 6.07 Å². The fourth-order valence-corrected chi connectivity index (χ4v) is 2.86. The summed E-state index contributed by atoms with van der Waals surface area (Å²) < 4.78 is 10.6. The fourth-order valence-electron chi connectivity index (χ4n) is 2.86. The van der Waals surface area contributed by atoms with Gasteiger partial charge in [-0.05, 0) is 50.1 Å². The van der Waals surface area contributed by atoms with Gasteiger partial charge in [0.05, 0.1) is 19.8 Å². The highest BCUT2D eigenvalue weighted by molar-refractivity contribution is 5.39. The zero-order valence-corrected chi connectivity index (χ0v) is 12.6. The molecule has 1 N–H and O–H groups in total. The Kier molecular flexibility index (Phi) is 5.40. The molecule has 2 rings (SSSR count). The van der Waals surface area contributed by atoms with Crippen molar-refractivity contribution in [2.75, 3.05) is 33.9 Å². The van der Waals surface area contributed by atoms with E-state index in [4.69, 9.17) is 9.47 Å². The first-order valence-electron chi connectivity index (χ1n) is 7.30. The van der Waals surface area contributed by atoms with Crippen molar-refractivity contribution in [3.8, 4) is 5.75 Å². The lowest BCUT2D eigenvalue weighted by atomic mass is 9.85. The van der Waals surface area contributed by atoms with E-state index < -0.39 is 6.10 Å². The Hall–Kier alpha value is -1.10. The normalized spacial score (nSPS) is 21.9. The van der Waals surface area contributed by atoms with E-state index in [0.29, 0.717) is 6.61 Å². The average molecular weight is 279 g/mol. The molecule has 1 aliphatic rings. The standard InChI is InChI=1S/C16H25NO3/c1-4-20-10-9-17(2)15-8-5-12-11-13(19-3)6-7-14(12)16(15)18/h6-7,11,15-16,18H,4-5,8-10H2,1-3H3. The van der Waals surface area contributed by atoms with Gasteiger partial charge in [0.1, 0.15) is 5.75 Å². The molecule has 0 aromatic heterocycles. The summed E-state index contributed by atoms with van der Waals surface area (Å²) in [6.45, 7) is 4.30. The van der Waals surface area contributed by atoms with Crippen LogP contribution in [-0.4, -0.2) is 50.0 Å². The maximum absolute atomic E-state index is 10.6. The SMILES string of the molecule is CCOCCN(C)C1CCc2cc(OC)ccc2C1O. The molecule has 0 bridgehead atoms. The van der Waals surface area contributed by atoms with Crippen molar-refractivity contribution in [3.63, 3.8) is 0 Å². The molecular weight excluding hydrogens is 254 g/mol. The van der Waals surface area contributed by atoms with Gasteiger partial charge in [-0.25, -0.2) is 0 Å². The maximum atomic E-state index is 10.6. The van der Waals surface area contributed by atoms with Crippen molar-refractivity contribution in [2.45, 2.75) is 31.9 Å². The van der Waals surface area contributed by atoms with Gasteiger partial charge in [-0.15, -0.1) is 0 Å². The second-order valence-corrected chi connectivity index (χ2v) is 5.29. The van der Waals surface area contributed by atoms with Crippen LogP contribution in [0.5, 0.6) is 5.75 Å². The first-order chi connectivity index (χ1) is 9.67. The number of likely N-dealkylation sites (N-methyl/N-ethyl adjacent to an activating group) is 1. The molecule has 0 amide bonds. The Morgan fingerprint density at radius 1 is 1.40 bits per heavy atom. The van der Waals surface area contributed by atoms with Gasteiger partial charge < -0.3 is 14.6 Å². The molecule has 0 spiro atoms. The Balaban J connectivity index is 2.05. The summed E-state index contributed by atoms with van der Waals surface area (Å²) in [5, 5.41) is 10.6. The van der Waals surface area contributed by atoms with Gasteiger partial charge in [0.25, 0.3) is 0 Å². The van der Waals surface area contributed by atoms with Crippen LogP contribution < -0.4 is 4.74 Å². The van der Waals surface area contributed by atoms with E-state index in [0.717, 1.165) is 37.3 Å². The Labute approximate surface area is 121 Å². The number of nitrogens with zero attached hydrogens (tertiary/aromatic N) is 1. The molecule has 0 heterocycles. The van der Waals surface area contributed by atoms with E-state index in [2.05, 4.69) is 11.9 Å². The van der Waals surface area contributed by atoms with E-state index in [1.807, 2.05) is 25.1 Å². The van der Waals surface area contributed by atoms with Crippen molar-refractivity contribution >= 4 is 0 Å². The minimum Gasteiger partial charge on any atom is -0.497 e. The van der Waals surface area contributed by atoms with E-state index >= 15 is 0 Å². The van der Waals surface area contributed by atoms with Gasteiger partial charge in [0.15, 0.2) is 0 Å². The number of methoxy groups -OCH3 is 1. The van der Waals surface area contributed by atoms with Crippen molar-refractivity contribution in [3.05, 3.63) is 29.3 Å². The highest BCUT2D eigenvalue weighted by Crippen LogP contribution is 2.34. The Morgan fingerprint density at radius 3 is 2.90 bits per heavy atom. The molecule has 1 aromatic carbocycles. The smallest absolute Gasteiger partial charge is 0.119 e. The maximum Gasteiger partial charge on any atom is 0.119 e. The van der Waals surface area contributed by atoms with Gasteiger partial charge in [0, 0.05) is 19.2 Å². The first-order valence-corrected chi connectivity index (χ1v) is 7.30. The number of benzene rings is 1. The summed E-state index contributed by atoms with van der Waals surface area (Å²) >= 11 is 0. The fraction of sp³-hybridized carbons (Fsp3) is 0.625. The number of ether oxygens (including phenoxy) is 2. The van der Waals surface area contributed by atoms with Crippen LogP contribution in [-0.2, 0) is 11.2 Å². The minimum absolute atomic E-state index is 0.163. The quantitative estimate of drug-likeness (QED) is 0.809. The summed E-state index contributed by atoms with van der Waals surface area (Å²) in [7, 11) is 3.73. The topological polar surface area (TPSA) is 41.9 Å². The highest BCUT2D eigenvalue weighted by Gasteiger charge is 2.30. The third-order valence-corrected chi connectivity index (χ3v) is 4.10. The van der Waals surface area contributed by atoms with Gasteiger partial charge >= 0.3 is 0 Å². The number of aliphatic hydroxyl groups is 1. The number of aliphatic hydroxyl groups excluding tert-OH is 1. The predicted octanol–water partition coefficient (Wildman–Crippen LogP) is 2.01. The molecule has 4 heteroatoms. The summed E-state index contributed by atoms with van der Waals surface area (Å²) in [6, 6.07) is 6.11. The molecular formula is C16H25NO3. The lowest BCUT2D eigenvalue weighted by Gasteiger charge is -2.36. The van der Waals surface area contributed by atoms with Gasteiger partial charge in [-0.2, -0.15) is 0 Å². The molecule has 2 unspecified atom stereocenters. The molecule has 0 saturated carbocycles. The Morgan fingerprint density at radius 2 is 2.20 bits per heavy atom. The van der Waals surface area contributed by atoms with Crippen LogP contribution in [0.1, 0.15) is 30.6 Å². The van der Waals surface area contributed by atoms with Crippen molar-refractivity contribution in [1.82, 2.24) is 4.90 Å². The second-order valence-electron chi connectivity index (χ2n) is 5.29. The monoisotopic (exact) mass is 279 g/mol. The van der Waals surface area contributed by atoms with Crippen LogP contribution in [0.15, 0.2) is 18.2 Å². The molecule has 20 heavy (non-hydrogen) atoms. The first kappa shape index (κ1) is 15.3. The second kappa shape index (κ2) is 7.07. The summed E-state index contributed by atoms with van der Waals surface area (Å²) in [4.78, 5) is 2.20. The van der Waals surface area contributed by atoms with Crippen molar-refractivity contribution in [2.24, 2.45) is 0 Å². The van der Waals surface area contributed by atoms with Crippen LogP contribution in [0, 0.1) is 0 Å². The molecule has 4 nitrogen and oxygen atoms in total. The Bertz CT molecular complexity index is 436. The number of aryl methyl sites for hydroxylation is 1. The molecule has 0 fully saturated rings. The van der Waals surface area contributed by atoms with Crippen molar-refractivity contribution < 1.29 is 14.6 Å². The minimum atomic E-state index is -0.434. The van der Waals surface area contributed by atoms with Gasteiger partial charge in [0.2, 0.25) is 0 Å². The molecule has 1 aromatic rings. The van der Waals surface area contributed by atoms with Crippen LogP contribution in [0.25, 0.3) is 0 Å². The van der Waals surface area contributed by atoms with Crippen LogP contribution in [0.2, 0.25) is 0 Å².